The van der Waals surface area contributed by atoms with Crippen molar-refractivity contribution in [3.8, 4) is 17.0 Å². The molecule has 2 heterocycles. The molecule has 3 N–H and O–H groups in total. The first-order chi connectivity index (χ1) is 10.1. The molecule has 0 bridgehead atoms. The van der Waals surface area contributed by atoms with Crippen molar-refractivity contribution in [2.24, 2.45) is 0 Å². The van der Waals surface area contributed by atoms with E-state index in [2.05, 4.69) is 26.8 Å². The monoisotopic (exact) mass is 285 g/mol. The number of likely N-dealkylation sites (N-methyl/N-ethyl adjacent to an activating group) is 1. The fourth-order valence-electron chi connectivity index (χ4n) is 2.48. The van der Waals surface area contributed by atoms with Crippen LogP contribution in [0.15, 0.2) is 30.3 Å². The normalized spacial score (nSPS) is 16.1. The number of nitrogens with two attached hydrogens (primary N) is 1. The van der Waals surface area contributed by atoms with E-state index in [1.54, 1.807) is 12.1 Å². The van der Waals surface area contributed by atoms with Gasteiger partial charge in [-0.15, -0.1) is 0 Å². The molecule has 1 aromatic heterocycles. The number of nitrogen functional groups attached to an aromatic ring is 1. The summed E-state index contributed by atoms with van der Waals surface area (Å²) in [7, 11) is 2.11. The first-order valence-corrected chi connectivity index (χ1v) is 7.00. The van der Waals surface area contributed by atoms with E-state index < -0.39 is 0 Å². The number of hydrogen-bond acceptors (Lipinski definition) is 6. The third kappa shape index (κ3) is 2.90. The lowest BCUT2D eigenvalue weighted by Crippen LogP contribution is -2.44. The molecular weight excluding hydrogens is 266 g/mol. The van der Waals surface area contributed by atoms with E-state index in [4.69, 9.17) is 5.73 Å². The number of para-hydroxylation sites is 1. The van der Waals surface area contributed by atoms with Crippen LogP contribution in [0.3, 0.4) is 0 Å². The fourth-order valence-corrected chi connectivity index (χ4v) is 2.48. The quantitative estimate of drug-likeness (QED) is 0.863. The third-order valence-corrected chi connectivity index (χ3v) is 3.74. The molecule has 0 saturated carbocycles. The zero-order valence-electron chi connectivity index (χ0n) is 12.0. The van der Waals surface area contributed by atoms with Crippen LogP contribution in [0.25, 0.3) is 11.3 Å². The van der Waals surface area contributed by atoms with Crippen molar-refractivity contribution in [3.05, 3.63) is 30.3 Å². The molecule has 6 heteroatoms. The summed E-state index contributed by atoms with van der Waals surface area (Å²) in [4.78, 5) is 13.1. The Morgan fingerprint density at radius 2 is 1.81 bits per heavy atom. The van der Waals surface area contributed by atoms with E-state index in [9.17, 15) is 5.11 Å². The second-order valence-electron chi connectivity index (χ2n) is 5.28. The minimum absolute atomic E-state index is 0.194. The Balaban J connectivity index is 1.95. The number of rotatable bonds is 2. The molecule has 0 aliphatic carbocycles. The molecule has 0 spiro atoms. The van der Waals surface area contributed by atoms with Gasteiger partial charge in [-0.25, -0.2) is 4.98 Å². The van der Waals surface area contributed by atoms with Crippen LogP contribution < -0.4 is 10.6 Å². The molecule has 6 nitrogen and oxygen atoms in total. The fraction of sp³-hybridized carbons (Fsp3) is 0.333. The van der Waals surface area contributed by atoms with Crippen molar-refractivity contribution in [3.63, 3.8) is 0 Å². The van der Waals surface area contributed by atoms with Gasteiger partial charge in [0.25, 0.3) is 0 Å². The Kier molecular flexibility index (Phi) is 3.62. The number of hydrogen-bond donors (Lipinski definition) is 2. The summed E-state index contributed by atoms with van der Waals surface area (Å²) in [6.07, 6.45) is 0. The minimum atomic E-state index is 0.194. The van der Waals surface area contributed by atoms with Crippen LogP contribution >= 0.6 is 0 Å². The molecule has 0 unspecified atom stereocenters. The summed E-state index contributed by atoms with van der Waals surface area (Å²) in [5, 5.41) is 9.97. The van der Waals surface area contributed by atoms with Gasteiger partial charge in [-0.05, 0) is 19.2 Å². The number of phenolic OH excluding ortho intramolecular Hbond substituents is 1. The highest BCUT2D eigenvalue weighted by molar-refractivity contribution is 5.70. The van der Waals surface area contributed by atoms with Crippen LogP contribution in [-0.2, 0) is 0 Å². The van der Waals surface area contributed by atoms with Gasteiger partial charge >= 0.3 is 0 Å². The molecule has 3 rings (SSSR count). The largest absolute Gasteiger partial charge is 0.507 e. The van der Waals surface area contributed by atoms with E-state index in [-0.39, 0.29) is 11.7 Å². The van der Waals surface area contributed by atoms with Gasteiger partial charge in [-0.1, -0.05) is 12.1 Å². The Hall–Kier alpha value is -2.34. The van der Waals surface area contributed by atoms with Crippen molar-refractivity contribution in [1.29, 1.82) is 0 Å². The first-order valence-electron chi connectivity index (χ1n) is 7.00. The number of anilines is 2. The Morgan fingerprint density at radius 1 is 1.10 bits per heavy atom. The van der Waals surface area contributed by atoms with Crippen LogP contribution in [0.1, 0.15) is 0 Å². The number of phenols is 1. The van der Waals surface area contributed by atoms with Gasteiger partial charge in [0.1, 0.15) is 11.6 Å². The number of aromatic nitrogens is 2. The third-order valence-electron chi connectivity index (χ3n) is 3.74. The van der Waals surface area contributed by atoms with Gasteiger partial charge in [0.15, 0.2) is 0 Å². The lowest BCUT2D eigenvalue weighted by Gasteiger charge is -2.33. The lowest BCUT2D eigenvalue weighted by molar-refractivity contribution is 0.312. The average molecular weight is 285 g/mol. The molecule has 21 heavy (non-hydrogen) atoms. The van der Waals surface area contributed by atoms with Crippen molar-refractivity contribution in [2.45, 2.75) is 0 Å². The molecular formula is C15H19N5O. The number of aromatic hydroxyl groups is 1. The number of benzene rings is 1. The van der Waals surface area contributed by atoms with Gasteiger partial charge in [-0.2, -0.15) is 4.98 Å². The molecule has 110 valence electrons. The summed E-state index contributed by atoms with van der Waals surface area (Å²) in [6.45, 7) is 3.81. The predicted molar refractivity (Wildman–Crippen MR) is 83.3 cm³/mol. The summed E-state index contributed by atoms with van der Waals surface area (Å²) in [5.41, 5.74) is 7.16. The molecule has 1 aromatic carbocycles. The van der Waals surface area contributed by atoms with Crippen molar-refractivity contribution < 1.29 is 5.11 Å². The number of nitrogens with zero attached hydrogens (tertiary/aromatic N) is 4. The van der Waals surface area contributed by atoms with Crippen LogP contribution in [-0.4, -0.2) is 53.2 Å². The van der Waals surface area contributed by atoms with Gasteiger partial charge in [0, 0.05) is 37.8 Å². The van der Waals surface area contributed by atoms with Crippen LogP contribution in [0.2, 0.25) is 0 Å². The SMILES string of the molecule is CN1CCN(c2cc(-c3ccccc3O)nc(N)n2)CC1. The maximum absolute atomic E-state index is 9.97. The molecule has 0 atom stereocenters. The van der Waals surface area contributed by atoms with E-state index >= 15 is 0 Å². The molecule has 1 saturated heterocycles. The average Bonchev–Trinajstić information content (AvgIpc) is 2.48. The summed E-state index contributed by atoms with van der Waals surface area (Å²) in [6, 6.07) is 9.00. The maximum atomic E-state index is 9.97. The maximum Gasteiger partial charge on any atom is 0.222 e. The van der Waals surface area contributed by atoms with E-state index in [0.717, 1.165) is 32.0 Å². The van der Waals surface area contributed by atoms with Crippen molar-refractivity contribution in [1.82, 2.24) is 14.9 Å². The molecule has 2 aromatic rings. The smallest absolute Gasteiger partial charge is 0.222 e. The second-order valence-corrected chi connectivity index (χ2v) is 5.28. The van der Waals surface area contributed by atoms with Gasteiger partial charge in [-0.3, -0.25) is 0 Å². The van der Waals surface area contributed by atoms with Gasteiger partial charge in [0.05, 0.1) is 5.69 Å². The van der Waals surface area contributed by atoms with E-state index in [1.165, 1.54) is 0 Å². The minimum Gasteiger partial charge on any atom is -0.507 e. The first kappa shape index (κ1) is 13.6. The zero-order chi connectivity index (χ0) is 14.8. The van der Waals surface area contributed by atoms with Crippen molar-refractivity contribution >= 4 is 11.8 Å². The Bertz CT molecular complexity index is 638. The van der Waals surface area contributed by atoms with Gasteiger partial charge < -0.3 is 20.6 Å². The predicted octanol–water partition coefficient (Wildman–Crippen LogP) is 1.18. The Labute approximate surface area is 123 Å². The van der Waals surface area contributed by atoms with E-state index in [0.29, 0.717) is 11.3 Å². The van der Waals surface area contributed by atoms with Crippen LogP contribution in [0, 0.1) is 0 Å². The zero-order valence-corrected chi connectivity index (χ0v) is 12.0. The summed E-state index contributed by atoms with van der Waals surface area (Å²) < 4.78 is 0. The lowest BCUT2D eigenvalue weighted by atomic mass is 10.1. The molecule has 0 amide bonds. The summed E-state index contributed by atoms with van der Waals surface area (Å²) >= 11 is 0. The highest BCUT2D eigenvalue weighted by atomic mass is 16.3. The topological polar surface area (TPSA) is 78.5 Å². The van der Waals surface area contributed by atoms with Crippen LogP contribution in [0.4, 0.5) is 11.8 Å². The standard InChI is InChI=1S/C15H19N5O/c1-19-6-8-20(9-7-19)14-10-12(17-15(16)18-14)11-4-2-3-5-13(11)21/h2-5,10,21H,6-9H2,1H3,(H2,16,17,18). The molecule has 1 fully saturated rings. The van der Waals surface area contributed by atoms with E-state index in [1.807, 2.05) is 18.2 Å². The van der Waals surface area contributed by atoms with Gasteiger partial charge in [0.2, 0.25) is 5.95 Å². The highest BCUT2D eigenvalue weighted by Gasteiger charge is 2.17. The Morgan fingerprint density at radius 3 is 2.52 bits per heavy atom. The molecule has 0 radical (unpaired) electrons. The van der Waals surface area contributed by atoms with Crippen molar-refractivity contribution in [2.75, 3.05) is 43.9 Å². The molecule has 1 aliphatic rings. The van der Waals surface area contributed by atoms with Crippen LogP contribution in [0.5, 0.6) is 5.75 Å². The highest BCUT2D eigenvalue weighted by Crippen LogP contribution is 2.29. The second kappa shape index (κ2) is 5.57. The summed E-state index contributed by atoms with van der Waals surface area (Å²) in [5.74, 6) is 1.23. The molecule has 1 aliphatic heterocycles. The number of piperazine rings is 1.